The molecule has 0 amide bonds. The molecule has 2 aromatic rings. The average molecular weight is 276 g/mol. The van der Waals surface area contributed by atoms with Crippen molar-refractivity contribution in [2.45, 2.75) is 13.8 Å². The second-order valence-electron chi connectivity index (χ2n) is 4.31. The molecular formula is C14H12O6. The van der Waals surface area contributed by atoms with Crippen molar-refractivity contribution in [3.05, 3.63) is 39.7 Å². The van der Waals surface area contributed by atoms with Crippen LogP contribution in [0.2, 0.25) is 0 Å². The van der Waals surface area contributed by atoms with E-state index in [9.17, 15) is 14.4 Å². The molecule has 1 heterocycles. The fourth-order valence-electron chi connectivity index (χ4n) is 1.97. The first-order valence-corrected chi connectivity index (χ1v) is 5.83. The zero-order valence-corrected chi connectivity index (χ0v) is 10.9. The number of carboxylic acids is 1. The molecule has 0 atom stereocenters. The Labute approximate surface area is 113 Å². The lowest BCUT2D eigenvalue weighted by Gasteiger charge is -2.13. The first kappa shape index (κ1) is 13.8. The molecule has 0 fully saturated rings. The SMILES string of the molecule is CC(=O)c1c(OCC(=O)O)c(C)cc2ccc(=O)oc12. The van der Waals surface area contributed by atoms with Crippen LogP contribution in [-0.4, -0.2) is 23.5 Å². The van der Waals surface area contributed by atoms with Crippen LogP contribution in [0.4, 0.5) is 0 Å². The van der Waals surface area contributed by atoms with E-state index in [1.54, 1.807) is 19.1 Å². The van der Waals surface area contributed by atoms with Crippen LogP contribution >= 0.6 is 0 Å². The molecule has 20 heavy (non-hydrogen) atoms. The van der Waals surface area contributed by atoms with Crippen molar-refractivity contribution in [2.75, 3.05) is 6.61 Å². The van der Waals surface area contributed by atoms with Crippen molar-refractivity contribution in [3.63, 3.8) is 0 Å². The number of aliphatic carboxylic acids is 1. The Morgan fingerprint density at radius 1 is 1.35 bits per heavy atom. The minimum absolute atomic E-state index is 0.0824. The maximum Gasteiger partial charge on any atom is 0.341 e. The summed E-state index contributed by atoms with van der Waals surface area (Å²) in [6.07, 6.45) is 0. The van der Waals surface area contributed by atoms with E-state index in [4.69, 9.17) is 14.3 Å². The summed E-state index contributed by atoms with van der Waals surface area (Å²) in [6.45, 7) is 2.41. The van der Waals surface area contributed by atoms with E-state index < -0.39 is 18.2 Å². The second-order valence-corrected chi connectivity index (χ2v) is 4.31. The first-order valence-electron chi connectivity index (χ1n) is 5.83. The Morgan fingerprint density at radius 2 is 2.05 bits per heavy atom. The average Bonchev–Trinajstić information content (AvgIpc) is 2.35. The predicted molar refractivity (Wildman–Crippen MR) is 70.4 cm³/mol. The molecule has 0 unspecified atom stereocenters. The second kappa shape index (κ2) is 5.16. The number of benzene rings is 1. The van der Waals surface area contributed by atoms with Gasteiger partial charge in [0.2, 0.25) is 0 Å². The normalized spacial score (nSPS) is 10.5. The maximum atomic E-state index is 11.8. The van der Waals surface area contributed by atoms with Crippen LogP contribution in [0.15, 0.2) is 27.4 Å². The third-order valence-electron chi connectivity index (χ3n) is 2.74. The van der Waals surface area contributed by atoms with Gasteiger partial charge in [-0.15, -0.1) is 0 Å². The minimum atomic E-state index is -1.16. The smallest absolute Gasteiger partial charge is 0.341 e. The molecule has 1 aromatic heterocycles. The highest BCUT2D eigenvalue weighted by atomic mass is 16.5. The monoisotopic (exact) mass is 276 g/mol. The summed E-state index contributed by atoms with van der Waals surface area (Å²) in [7, 11) is 0. The van der Waals surface area contributed by atoms with E-state index in [1.807, 2.05) is 0 Å². The molecule has 0 radical (unpaired) electrons. The largest absolute Gasteiger partial charge is 0.481 e. The van der Waals surface area contributed by atoms with E-state index in [0.29, 0.717) is 10.9 Å². The molecule has 104 valence electrons. The number of carboxylic acid groups (broad SMARTS) is 1. The van der Waals surface area contributed by atoms with Crippen LogP contribution in [0, 0.1) is 6.92 Å². The van der Waals surface area contributed by atoms with Gasteiger partial charge in [-0.2, -0.15) is 0 Å². The number of carbonyl (C=O) groups is 2. The molecule has 2 rings (SSSR count). The first-order chi connectivity index (χ1) is 9.40. The lowest BCUT2D eigenvalue weighted by molar-refractivity contribution is -0.139. The molecule has 0 saturated heterocycles. The molecule has 1 aromatic carbocycles. The summed E-state index contributed by atoms with van der Waals surface area (Å²) in [5.41, 5.74) is 0.195. The standard InChI is InChI=1S/C14H12O6/c1-7-5-9-3-4-11(18)20-14(9)12(8(2)15)13(7)19-6-10(16)17/h3-5H,6H2,1-2H3,(H,16,17). The molecule has 6 nitrogen and oxygen atoms in total. The van der Waals surface area contributed by atoms with Gasteiger partial charge in [-0.25, -0.2) is 9.59 Å². The number of fused-ring (bicyclic) bond motifs is 1. The Balaban J connectivity index is 2.74. The number of carbonyl (C=O) groups excluding carboxylic acids is 1. The van der Waals surface area contributed by atoms with Gasteiger partial charge in [-0.1, -0.05) is 0 Å². The van der Waals surface area contributed by atoms with Gasteiger partial charge in [-0.05, 0) is 31.5 Å². The number of aryl methyl sites for hydroxylation is 1. The van der Waals surface area contributed by atoms with E-state index in [1.165, 1.54) is 13.0 Å². The quantitative estimate of drug-likeness (QED) is 0.675. The molecule has 0 spiro atoms. The molecule has 1 N–H and O–H groups in total. The summed E-state index contributed by atoms with van der Waals surface area (Å²) in [4.78, 5) is 33.7. The van der Waals surface area contributed by atoms with Gasteiger partial charge >= 0.3 is 11.6 Å². The van der Waals surface area contributed by atoms with Crippen molar-refractivity contribution in [3.8, 4) is 5.75 Å². The van der Waals surface area contributed by atoms with Gasteiger partial charge < -0.3 is 14.3 Å². The summed E-state index contributed by atoms with van der Waals surface area (Å²) < 4.78 is 10.2. The number of hydrogen-bond acceptors (Lipinski definition) is 5. The fraction of sp³-hybridized carbons (Fsp3) is 0.214. The topological polar surface area (TPSA) is 93.8 Å². The zero-order chi connectivity index (χ0) is 14.9. The number of Topliss-reactive ketones (excluding diaryl/α,β-unsaturated/α-hetero) is 1. The van der Waals surface area contributed by atoms with Gasteiger partial charge in [0.05, 0.1) is 0 Å². The van der Waals surface area contributed by atoms with Crippen LogP contribution in [0.1, 0.15) is 22.8 Å². The van der Waals surface area contributed by atoms with Crippen LogP contribution in [0.5, 0.6) is 5.75 Å². The Morgan fingerprint density at radius 3 is 2.65 bits per heavy atom. The van der Waals surface area contributed by atoms with Crippen LogP contribution in [0.25, 0.3) is 11.0 Å². The van der Waals surface area contributed by atoms with Crippen LogP contribution in [-0.2, 0) is 4.79 Å². The molecule has 0 aliphatic rings. The molecular weight excluding hydrogens is 264 g/mol. The van der Waals surface area contributed by atoms with Crippen LogP contribution in [0.3, 0.4) is 0 Å². The molecule has 6 heteroatoms. The van der Waals surface area contributed by atoms with Crippen molar-refractivity contribution in [1.82, 2.24) is 0 Å². The summed E-state index contributed by atoms with van der Waals surface area (Å²) in [5.74, 6) is -1.40. The number of rotatable bonds is 4. The predicted octanol–water partition coefficient (Wildman–Crippen LogP) is 1.77. The van der Waals surface area contributed by atoms with Crippen molar-refractivity contribution in [2.24, 2.45) is 0 Å². The van der Waals surface area contributed by atoms with Gasteiger partial charge in [0.25, 0.3) is 0 Å². The maximum absolute atomic E-state index is 11.8. The fourth-order valence-corrected chi connectivity index (χ4v) is 1.97. The number of ketones is 1. The Kier molecular flexibility index (Phi) is 3.56. The van der Waals surface area contributed by atoms with E-state index >= 15 is 0 Å². The Hall–Kier alpha value is -2.63. The van der Waals surface area contributed by atoms with Crippen molar-refractivity contribution < 1.29 is 23.8 Å². The highest BCUT2D eigenvalue weighted by Crippen LogP contribution is 2.31. The lowest BCUT2D eigenvalue weighted by Crippen LogP contribution is -2.13. The summed E-state index contributed by atoms with van der Waals surface area (Å²) in [5, 5.41) is 9.25. The highest BCUT2D eigenvalue weighted by molar-refractivity contribution is 6.07. The van der Waals surface area contributed by atoms with Crippen LogP contribution < -0.4 is 10.4 Å². The molecule has 0 aliphatic carbocycles. The van der Waals surface area contributed by atoms with Gasteiger partial charge in [0.1, 0.15) is 11.3 Å². The number of hydrogen-bond donors (Lipinski definition) is 1. The van der Waals surface area contributed by atoms with Crippen molar-refractivity contribution >= 4 is 22.7 Å². The molecule has 0 aliphatic heterocycles. The zero-order valence-electron chi connectivity index (χ0n) is 10.9. The molecule has 0 saturated carbocycles. The lowest BCUT2D eigenvalue weighted by atomic mass is 10.0. The summed E-state index contributed by atoms with van der Waals surface area (Å²) >= 11 is 0. The highest BCUT2D eigenvalue weighted by Gasteiger charge is 2.19. The van der Waals surface area contributed by atoms with Gasteiger partial charge in [-0.3, -0.25) is 4.79 Å². The van der Waals surface area contributed by atoms with Gasteiger partial charge in [0.15, 0.2) is 18.0 Å². The third-order valence-corrected chi connectivity index (χ3v) is 2.74. The van der Waals surface area contributed by atoms with Crippen molar-refractivity contribution in [1.29, 1.82) is 0 Å². The van der Waals surface area contributed by atoms with E-state index in [2.05, 4.69) is 0 Å². The number of ether oxygens (including phenoxy) is 1. The van der Waals surface area contributed by atoms with Gasteiger partial charge in [0, 0.05) is 11.5 Å². The Bertz CT molecular complexity index is 756. The summed E-state index contributed by atoms with van der Waals surface area (Å²) in [6, 6.07) is 4.47. The van der Waals surface area contributed by atoms with E-state index in [0.717, 1.165) is 0 Å². The third kappa shape index (κ3) is 2.54. The molecule has 0 bridgehead atoms. The van der Waals surface area contributed by atoms with E-state index in [-0.39, 0.29) is 22.7 Å². The minimum Gasteiger partial charge on any atom is -0.481 e.